The Balaban J connectivity index is 1.29. The largest absolute Gasteiger partial charge is 0.497 e. The molecule has 30 heavy (non-hydrogen) atoms. The van der Waals surface area contributed by atoms with Gasteiger partial charge in [-0.25, -0.2) is 0 Å². The van der Waals surface area contributed by atoms with Crippen LogP contribution in [0.2, 0.25) is 0 Å². The van der Waals surface area contributed by atoms with E-state index in [-0.39, 0.29) is 18.6 Å². The number of carbonyl (C=O) groups is 1. The number of ether oxygens (including phenoxy) is 2. The molecule has 156 valence electrons. The zero-order valence-electron chi connectivity index (χ0n) is 17.3. The second-order valence-corrected chi connectivity index (χ2v) is 7.64. The van der Waals surface area contributed by atoms with Crippen molar-refractivity contribution < 1.29 is 14.3 Å². The van der Waals surface area contributed by atoms with E-state index in [1.807, 2.05) is 23.1 Å². The Bertz CT molecular complexity index is 999. The van der Waals surface area contributed by atoms with Gasteiger partial charge in [0.05, 0.1) is 13.2 Å². The van der Waals surface area contributed by atoms with Crippen LogP contribution in [0.25, 0.3) is 10.8 Å². The highest BCUT2D eigenvalue weighted by atomic mass is 16.5. The van der Waals surface area contributed by atoms with Crippen LogP contribution in [0.3, 0.4) is 0 Å². The van der Waals surface area contributed by atoms with Crippen molar-refractivity contribution in [1.29, 1.82) is 0 Å². The van der Waals surface area contributed by atoms with E-state index in [9.17, 15) is 4.79 Å². The van der Waals surface area contributed by atoms with E-state index >= 15 is 0 Å². The number of amides is 1. The van der Waals surface area contributed by atoms with Crippen molar-refractivity contribution in [1.82, 2.24) is 10.2 Å². The average molecular weight is 405 g/mol. The molecule has 1 aliphatic rings. The van der Waals surface area contributed by atoms with Crippen LogP contribution in [-0.4, -0.2) is 50.3 Å². The van der Waals surface area contributed by atoms with E-state index in [2.05, 4.69) is 53.8 Å². The van der Waals surface area contributed by atoms with Gasteiger partial charge in [0.2, 0.25) is 5.91 Å². The second kappa shape index (κ2) is 9.74. The van der Waals surface area contributed by atoms with Gasteiger partial charge in [-0.2, -0.15) is 0 Å². The number of nitrogens with one attached hydrogen (secondary N) is 1. The minimum Gasteiger partial charge on any atom is -0.497 e. The molecular weight excluding hydrogens is 376 g/mol. The van der Waals surface area contributed by atoms with Gasteiger partial charge in [-0.05, 0) is 40.5 Å². The Morgan fingerprint density at radius 2 is 1.93 bits per heavy atom. The number of morpholine rings is 1. The van der Waals surface area contributed by atoms with Crippen LogP contribution in [0.4, 0.5) is 0 Å². The first-order chi connectivity index (χ1) is 14.7. The molecule has 1 atom stereocenters. The summed E-state index contributed by atoms with van der Waals surface area (Å²) in [6.07, 6.45) is 0.807. The second-order valence-electron chi connectivity index (χ2n) is 7.64. The van der Waals surface area contributed by atoms with Crippen LogP contribution < -0.4 is 10.1 Å². The summed E-state index contributed by atoms with van der Waals surface area (Å²) in [5.74, 6) is 0.902. The Hall–Kier alpha value is -2.89. The quantitative estimate of drug-likeness (QED) is 0.625. The van der Waals surface area contributed by atoms with Gasteiger partial charge in [0.1, 0.15) is 12.4 Å². The molecule has 3 aromatic carbocycles. The molecule has 0 spiro atoms. The Morgan fingerprint density at radius 1 is 1.10 bits per heavy atom. The van der Waals surface area contributed by atoms with Crippen LogP contribution in [0.15, 0.2) is 66.7 Å². The van der Waals surface area contributed by atoms with Gasteiger partial charge < -0.3 is 19.7 Å². The number of nitrogens with zero attached hydrogens (tertiary/aromatic N) is 1. The fourth-order valence-corrected chi connectivity index (χ4v) is 3.93. The molecule has 1 aliphatic heterocycles. The van der Waals surface area contributed by atoms with Gasteiger partial charge in [-0.15, -0.1) is 0 Å². The summed E-state index contributed by atoms with van der Waals surface area (Å²) in [4.78, 5) is 14.2. The standard InChI is InChI=1S/C25H28N2O3/c1-29-22-10-4-6-19(14-22)12-13-27-17-23(30-18-25(27)28)16-26-15-21-9-5-8-20-7-2-3-11-24(20)21/h2-11,14,23,26H,12-13,15-18H2,1H3. The normalized spacial score (nSPS) is 16.8. The summed E-state index contributed by atoms with van der Waals surface area (Å²) < 4.78 is 11.0. The molecule has 1 heterocycles. The van der Waals surface area contributed by atoms with Crippen molar-refractivity contribution in [2.24, 2.45) is 0 Å². The third kappa shape index (κ3) is 4.99. The zero-order chi connectivity index (χ0) is 20.8. The Labute approximate surface area is 177 Å². The lowest BCUT2D eigenvalue weighted by Gasteiger charge is -2.33. The summed E-state index contributed by atoms with van der Waals surface area (Å²) in [5, 5.41) is 6.03. The Morgan fingerprint density at radius 3 is 2.83 bits per heavy atom. The van der Waals surface area contributed by atoms with E-state index in [4.69, 9.17) is 9.47 Å². The third-order valence-corrected chi connectivity index (χ3v) is 5.59. The summed E-state index contributed by atoms with van der Waals surface area (Å²) >= 11 is 0. The molecule has 1 N–H and O–H groups in total. The fraction of sp³-hybridized carbons (Fsp3) is 0.320. The predicted molar refractivity (Wildman–Crippen MR) is 119 cm³/mol. The number of hydrogen-bond acceptors (Lipinski definition) is 4. The maximum Gasteiger partial charge on any atom is 0.248 e. The van der Waals surface area contributed by atoms with Crippen molar-refractivity contribution in [3.8, 4) is 5.75 Å². The lowest BCUT2D eigenvalue weighted by molar-refractivity contribution is -0.148. The highest BCUT2D eigenvalue weighted by molar-refractivity contribution is 5.85. The van der Waals surface area contributed by atoms with E-state index in [1.54, 1.807) is 7.11 Å². The van der Waals surface area contributed by atoms with Gasteiger partial charge in [0.25, 0.3) is 0 Å². The maximum absolute atomic E-state index is 12.3. The summed E-state index contributed by atoms with van der Waals surface area (Å²) in [6, 6.07) is 22.8. The molecule has 3 aromatic rings. The SMILES string of the molecule is COc1cccc(CCN2CC(CNCc3cccc4ccccc34)OCC2=O)c1. The molecule has 5 nitrogen and oxygen atoms in total. The lowest BCUT2D eigenvalue weighted by atomic mass is 10.0. The lowest BCUT2D eigenvalue weighted by Crippen LogP contribution is -2.50. The molecular formula is C25H28N2O3. The van der Waals surface area contributed by atoms with E-state index in [0.717, 1.165) is 18.7 Å². The number of hydrogen-bond donors (Lipinski definition) is 1. The number of methoxy groups -OCH3 is 1. The van der Waals surface area contributed by atoms with Crippen LogP contribution in [0.1, 0.15) is 11.1 Å². The maximum atomic E-state index is 12.3. The number of rotatable bonds is 8. The van der Waals surface area contributed by atoms with Gasteiger partial charge in [0.15, 0.2) is 0 Å². The molecule has 0 saturated carbocycles. The fourth-order valence-electron chi connectivity index (χ4n) is 3.93. The highest BCUT2D eigenvalue weighted by Crippen LogP contribution is 2.18. The van der Waals surface area contributed by atoms with Gasteiger partial charge in [0, 0.05) is 26.2 Å². The Kier molecular flexibility index (Phi) is 6.62. The first-order valence-electron chi connectivity index (χ1n) is 10.4. The van der Waals surface area contributed by atoms with Crippen molar-refractivity contribution >= 4 is 16.7 Å². The minimum atomic E-state index is 0.00276. The first-order valence-corrected chi connectivity index (χ1v) is 10.4. The molecule has 0 aliphatic carbocycles. The predicted octanol–water partition coefficient (Wildman–Crippen LogP) is 3.41. The number of benzene rings is 3. The minimum absolute atomic E-state index is 0.00276. The van der Waals surface area contributed by atoms with Crippen molar-refractivity contribution in [3.63, 3.8) is 0 Å². The molecule has 1 saturated heterocycles. The van der Waals surface area contributed by atoms with Crippen LogP contribution in [-0.2, 0) is 22.5 Å². The summed E-state index contributed by atoms with van der Waals surface area (Å²) in [7, 11) is 1.67. The molecule has 5 heteroatoms. The molecule has 0 aromatic heterocycles. The van der Waals surface area contributed by atoms with Crippen molar-refractivity contribution in [2.45, 2.75) is 19.1 Å². The molecule has 4 rings (SSSR count). The summed E-state index contributed by atoms with van der Waals surface area (Å²) in [5.41, 5.74) is 2.44. The van der Waals surface area contributed by atoms with Gasteiger partial charge >= 0.3 is 0 Å². The average Bonchev–Trinajstić information content (AvgIpc) is 2.79. The number of carbonyl (C=O) groups excluding carboxylic acids is 1. The van der Waals surface area contributed by atoms with Crippen LogP contribution >= 0.6 is 0 Å². The van der Waals surface area contributed by atoms with Crippen LogP contribution in [0, 0.1) is 0 Å². The highest BCUT2D eigenvalue weighted by Gasteiger charge is 2.25. The first kappa shape index (κ1) is 20.4. The number of fused-ring (bicyclic) bond motifs is 1. The topological polar surface area (TPSA) is 50.8 Å². The monoisotopic (exact) mass is 404 g/mol. The molecule has 1 amide bonds. The van der Waals surface area contributed by atoms with E-state index in [1.165, 1.54) is 21.9 Å². The van der Waals surface area contributed by atoms with Gasteiger partial charge in [-0.3, -0.25) is 4.79 Å². The third-order valence-electron chi connectivity index (χ3n) is 5.59. The van der Waals surface area contributed by atoms with Crippen molar-refractivity contribution in [2.75, 3.05) is 33.4 Å². The molecule has 0 bridgehead atoms. The molecule has 1 unspecified atom stereocenters. The molecule has 0 radical (unpaired) electrons. The summed E-state index contributed by atoms with van der Waals surface area (Å²) in [6.45, 7) is 2.95. The van der Waals surface area contributed by atoms with Crippen LogP contribution in [0.5, 0.6) is 5.75 Å². The van der Waals surface area contributed by atoms with Crippen molar-refractivity contribution in [3.05, 3.63) is 77.9 Å². The van der Waals surface area contributed by atoms with Gasteiger partial charge in [-0.1, -0.05) is 54.6 Å². The van der Waals surface area contributed by atoms with E-state index < -0.39 is 0 Å². The zero-order valence-corrected chi connectivity index (χ0v) is 17.3. The van der Waals surface area contributed by atoms with E-state index in [0.29, 0.717) is 19.6 Å². The molecule has 1 fully saturated rings. The smallest absolute Gasteiger partial charge is 0.248 e.